The topological polar surface area (TPSA) is 64.7 Å². The van der Waals surface area contributed by atoms with Crippen LogP contribution in [0.3, 0.4) is 0 Å². The maximum absolute atomic E-state index is 13.1. The molecule has 0 saturated heterocycles. The molecule has 0 aliphatic carbocycles. The second kappa shape index (κ2) is 4.69. The maximum Gasteiger partial charge on any atom is 0.417 e. The van der Waals surface area contributed by atoms with E-state index in [2.05, 4.69) is 15.0 Å². The molecule has 7 heteroatoms. The van der Waals surface area contributed by atoms with Crippen molar-refractivity contribution in [1.29, 1.82) is 0 Å². The van der Waals surface area contributed by atoms with Crippen LogP contribution in [0.25, 0.3) is 22.0 Å². The third-order valence-corrected chi connectivity index (χ3v) is 3.10. The van der Waals surface area contributed by atoms with Crippen molar-refractivity contribution in [2.24, 2.45) is 0 Å². The number of hydrogen-bond donors (Lipinski definition) is 1. The highest BCUT2D eigenvalue weighted by Gasteiger charge is 2.33. The van der Waals surface area contributed by atoms with Crippen molar-refractivity contribution in [2.75, 3.05) is 5.73 Å². The minimum atomic E-state index is -4.45. The van der Waals surface area contributed by atoms with Gasteiger partial charge in [-0.3, -0.25) is 4.98 Å². The molecule has 2 aromatic heterocycles. The molecule has 0 fully saturated rings. The Morgan fingerprint density at radius 3 is 2.62 bits per heavy atom. The van der Waals surface area contributed by atoms with Gasteiger partial charge < -0.3 is 5.73 Å². The van der Waals surface area contributed by atoms with Gasteiger partial charge in [-0.15, -0.1) is 0 Å². The van der Waals surface area contributed by atoms with E-state index in [4.69, 9.17) is 5.73 Å². The van der Waals surface area contributed by atoms with Crippen LogP contribution in [0.4, 0.5) is 19.0 Å². The number of pyridine rings is 1. The van der Waals surface area contributed by atoms with E-state index in [-0.39, 0.29) is 11.4 Å². The molecular weight excluding hydrogens is 281 g/mol. The van der Waals surface area contributed by atoms with Crippen LogP contribution in [0.2, 0.25) is 0 Å². The summed E-state index contributed by atoms with van der Waals surface area (Å²) in [7, 11) is 0. The van der Waals surface area contributed by atoms with E-state index in [1.165, 1.54) is 18.6 Å². The van der Waals surface area contributed by atoms with Gasteiger partial charge in [0.15, 0.2) is 0 Å². The molecule has 0 bridgehead atoms. The number of hydrogen-bond acceptors (Lipinski definition) is 4. The molecule has 2 heterocycles. The van der Waals surface area contributed by atoms with Gasteiger partial charge in [0.2, 0.25) is 0 Å². The van der Waals surface area contributed by atoms with Crippen molar-refractivity contribution < 1.29 is 13.2 Å². The fraction of sp³-hybridized carbons (Fsp3) is 0.0714. The summed E-state index contributed by atoms with van der Waals surface area (Å²) in [6, 6.07) is 5.65. The van der Waals surface area contributed by atoms with Gasteiger partial charge in [0, 0.05) is 23.3 Å². The summed E-state index contributed by atoms with van der Waals surface area (Å²) in [6.07, 6.45) is -0.844. The van der Waals surface area contributed by atoms with Crippen LogP contribution >= 0.6 is 0 Å². The highest BCUT2D eigenvalue weighted by molar-refractivity contribution is 5.91. The summed E-state index contributed by atoms with van der Waals surface area (Å²) in [6.45, 7) is 0. The molecule has 0 aliphatic heterocycles. The monoisotopic (exact) mass is 290 g/mol. The second-order valence-corrected chi connectivity index (χ2v) is 4.41. The molecule has 3 aromatic rings. The van der Waals surface area contributed by atoms with E-state index < -0.39 is 11.7 Å². The van der Waals surface area contributed by atoms with E-state index in [0.29, 0.717) is 16.5 Å². The molecule has 4 nitrogen and oxygen atoms in total. The highest BCUT2D eigenvalue weighted by Crippen LogP contribution is 2.37. The number of fused-ring (bicyclic) bond motifs is 1. The Labute approximate surface area is 117 Å². The first-order chi connectivity index (χ1) is 9.97. The average Bonchev–Trinajstić information content (AvgIpc) is 2.46. The Morgan fingerprint density at radius 1 is 1.05 bits per heavy atom. The zero-order chi connectivity index (χ0) is 15.0. The molecule has 0 spiro atoms. The molecule has 2 N–H and O–H groups in total. The number of anilines is 1. The molecule has 0 atom stereocenters. The molecule has 0 radical (unpaired) electrons. The summed E-state index contributed by atoms with van der Waals surface area (Å²) in [5.41, 5.74) is 5.93. The van der Waals surface area contributed by atoms with Crippen LogP contribution in [0.5, 0.6) is 0 Å². The van der Waals surface area contributed by atoms with E-state index >= 15 is 0 Å². The predicted octanol–water partition coefficient (Wildman–Crippen LogP) is 3.29. The lowest BCUT2D eigenvalue weighted by Crippen LogP contribution is -2.07. The normalized spacial score (nSPS) is 11.8. The van der Waals surface area contributed by atoms with Crippen LogP contribution in [-0.2, 0) is 6.18 Å². The summed E-state index contributed by atoms with van der Waals surface area (Å²) >= 11 is 0. The Morgan fingerprint density at radius 2 is 1.86 bits per heavy atom. The smallest absolute Gasteiger partial charge is 0.383 e. The largest absolute Gasteiger partial charge is 0.417 e. The van der Waals surface area contributed by atoms with Gasteiger partial charge >= 0.3 is 6.18 Å². The number of nitrogens with two attached hydrogens (primary N) is 1. The van der Waals surface area contributed by atoms with Gasteiger partial charge in [-0.25, -0.2) is 9.97 Å². The number of aromatic nitrogens is 3. The number of rotatable bonds is 1. The second-order valence-electron chi connectivity index (χ2n) is 4.41. The Kier molecular flexibility index (Phi) is 2.97. The lowest BCUT2D eigenvalue weighted by atomic mass is 10.00. The Bertz CT molecular complexity index is 815. The first-order valence-corrected chi connectivity index (χ1v) is 5.98. The van der Waals surface area contributed by atoms with Gasteiger partial charge in [-0.1, -0.05) is 6.07 Å². The molecular formula is C14H9F3N4. The van der Waals surface area contributed by atoms with Crippen LogP contribution in [-0.4, -0.2) is 15.0 Å². The fourth-order valence-corrected chi connectivity index (χ4v) is 2.12. The molecule has 0 saturated carbocycles. The number of alkyl halides is 3. The molecule has 0 aliphatic rings. The van der Waals surface area contributed by atoms with Crippen molar-refractivity contribution in [3.8, 4) is 11.1 Å². The number of nitrogens with zero attached hydrogens (tertiary/aromatic N) is 3. The zero-order valence-electron chi connectivity index (χ0n) is 10.6. The van der Waals surface area contributed by atoms with Crippen molar-refractivity contribution in [2.45, 2.75) is 6.18 Å². The lowest BCUT2D eigenvalue weighted by molar-refractivity contribution is -0.137. The number of benzene rings is 1. The van der Waals surface area contributed by atoms with Crippen LogP contribution < -0.4 is 5.73 Å². The van der Waals surface area contributed by atoms with Gasteiger partial charge in [0.25, 0.3) is 0 Å². The first-order valence-electron chi connectivity index (χ1n) is 5.98. The predicted molar refractivity (Wildman–Crippen MR) is 72.2 cm³/mol. The quantitative estimate of drug-likeness (QED) is 0.747. The van der Waals surface area contributed by atoms with Crippen molar-refractivity contribution in [3.05, 3.63) is 48.5 Å². The molecule has 21 heavy (non-hydrogen) atoms. The zero-order valence-corrected chi connectivity index (χ0v) is 10.6. The van der Waals surface area contributed by atoms with Crippen LogP contribution in [0, 0.1) is 0 Å². The third-order valence-electron chi connectivity index (χ3n) is 3.10. The molecule has 3 rings (SSSR count). The Balaban J connectivity index is 2.24. The summed E-state index contributed by atoms with van der Waals surface area (Å²) in [5, 5.41) is 0.506. The minimum absolute atomic E-state index is 0.00449. The molecule has 0 unspecified atom stereocenters. The van der Waals surface area contributed by atoms with Crippen molar-refractivity contribution >= 4 is 16.7 Å². The van der Waals surface area contributed by atoms with Crippen molar-refractivity contribution in [3.63, 3.8) is 0 Å². The van der Waals surface area contributed by atoms with E-state index in [0.717, 1.165) is 12.3 Å². The maximum atomic E-state index is 13.1. The lowest BCUT2D eigenvalue weighted by Gasteiger charge is -2.12. The van der Waals surface area contributed by atoms with Gasteiger partial charge in [-0.05, 0) is 23.8 Å². The first kappa shape index (κ1) is 13.3. The summed E-state index contributed by atoms with van der Waals surface area (Å²) in [4.78, 5) is 11.6. The summed E-state index contributed by atoms with van der Waals surface area (Å²) < 4.78 is 39.2. The van der Waals surface area contributed by atoms with Gasteiger partial charge in [0.1, 0.15) is 12.1 Å². The van der Waals surface area contributed by atoms with Crippen LogP contribution in [0.1, 0.15) is 5.56 Å². The summed E-state index contributed by atoms with van der Waals surface area (Å²) in [5.74, 6) is 0.222. The third kappa shape index (κ3) is 2.37. The van der Waals surface area contributed by atoms with Gasteiger partial charge in [0.05, 0.1) is 11.1 Å². The Hall–Kier alpha value is -2.70. The minimum Gasteiger partial charge on any atom is -0.383 e. The molecule has 1 aromatic carbocycles. The number of halogens is 3. The molecule has 0 amide bonds. The van der Waals surface area contributed by atoms with E-state index in [1.807, 2.05) is 0 Å². The molecule has 106 valence electrons. The standard InChI is InChI=1S/C14H9F3N4/c15-14(16,17)11-3-4-19-6-10(11)8-1-2-12-9(5-8)13(18)21-7-20-12/h1-7H,(H2,18,20,21). The van der Waals surface area contributed by atoms with E-state index in [1.54, 1.807) is 12.1 Å². The van der Waals surface area contributed by atoms with Crippen molar-refractivity contribution in [1.82, 2.24) is 15.0 Å². The fourth-order valence-electron chi connectivity index (χ4n) is 2.12. The average molecular weight is 290 g/mol. The SMILES string of the molecule is Nc1ncnc2ccc(-c3cnccc3C(F)(F)F)cc12. The number of nitrogen functional groups attached to an aromatic ring is 1. The highest BCUT2D eigenvalue weighted by atomic mass is 19.4. The van der Waals surface area contributed by atoms with Gasteiger partial charge in [-0.2, -0.15) is 13.2 Å². The van der Waals surface area contributed by atoms with E-state index in [9.17, 15) is 13.2 Å². The van der Waals surface area contributed by atoms with Crippen LogP contribution in [0.15, 0.2) is 43.0 Å².